The van der Waals surface area contributed by atoms with Gasteiger partial charge < -0.3 is 4.55 Å². The van der Waals surface area contributed by atoms with Crippen LogP contribution in [0.3, 0.4) is 0 Å². The number of benzene rings is 3. The molecule has 0 aliphatic carbocycles. The third-order valence-corrected chi connectivity index (χ3v) is 6.76. The molecule has 0 saturated heterocycles. The van der Waals surface area contributed by atoms with Gasteiger partial charge in [-0.15, -0.1) is 0 Å². The van der Waals surface area contributed by atoms with E-state index in [2.05, 4.69) is 67.8 Å². The van der Waals surface area contributed by atoms with Crippen LogP contribution in [-0.2, 0) is 21.0 Å². The molecule has 0 spiro atoms. The minimum atomic E-state index is -6.09. The van der Waals surface area contributed by atoms with E-state index in [9.17, 15) is 13.2 Å². The van der Waals surface area contributed by atoms with Gasteiger partial charge in [0, 0.05) is 21.7 Å². The lowest BCUT2D eigenvalue weighted by molar-refractivity contribution is -0.0517. The first-order valence-electron chi connectivity index (χ1n) is 8.61. The molecule has 8 heteroatoms. The van der Waals surface area contributed by atoms with Gasteiger partial charge in [-0.3, -0.25) is 0 Å². The minimum absolute atomic E-state index is 0.318. The van der Waals surface area contributed by atoms with Gasteiger partial charge in [-0.05, 0) is 35.4 Å². The highest BCUT2D eigenvalue weighted by Gasteiger charge is 2.36. The predicted molar refractivity (Wildman–Crippen MR) is 109 cm³/mol. The molecule has 0 aromatic heterocycles. The van der Waals surface area contributed by atoms with Crippen molar-refractivity contribution in [2.75, 3.05) is 12.0 Å². The Labute approximate surface area is 165 Å². The Morgan fingerprint density at radius 1 is 0.964 bits per heavy atom. The van der Waals surface area contributed by atoms with Crippen LogP contribution < -0.4 is 0 Å². The smallest absolute Gasteiger partial charge is 0.485 e. The maximum Gasteiger partial charge on any atom is 0.485 e. The van der Waals surface area contributed by atoms with Crippen LogP contribution in [0.1, 0.15) is 19.8 Å². The van der Waals surface area contributed by atoms with Gasteiger partial charge in [0.1, 0.15) is 12.0 Å². The molecule has 3 aromatic carbocycles. The predicted octanol–water partition coefficient (Wildman–Crippen LogP) is 5.45. The van der Waals surface area contributed by atoms with Crippen molar-refractivity contribution >= 4 is 42.6 Å². The van der Waals surface area contributed by atoms with Gasteiger partial charge in [-0.2, -0.15) is 13.2 Å². The molecule has 0 radical (unpaired) electrons. The number of unbranched alkanes of at least 4 members (excludes halogenated alkanes) is 1. The highest BCUT2D eigenvalue weighted by Crippen LogP contribution is 2.33. The van der Waals surface area contributed by atoms with Crippen molar-refractivity contribution in [3.63, 3.8) is 0 Å². The number of rotatable bonds is 4. The maximum absolute atomic E-state index is 10.7. The molecule has 3 rings (SSSR count). The standard InChI is InChI=1S/C19H21S.CHF3O3S/c1-3-4-13-20(2)19-17-11-7-5-9-15(17)14-16-10-6-8-12-18(16)19;2-1(3,4)8(5,6)7/h5-12,14H,3-4,13H2,1-2H3;(H,5,6,7)/q+1;/p-1. The molecule has 0 fully saturated rings. The summed E-state index contributed by atoms with van der Waals surface area (Å²) in [4.78, 5) is 1.56. The first kappa shape index (κ1) is 22.5. The van der Waals surface area contributed by atoms with E-state index < -0.39 is 15.6 Å². The molecule has 3 aromatic rings. The van der Waals surface area contributed by atoms with Gasteiger partial charge >= 0.3 is 5.51 Å². The van der Waals surface area contributed by atoms with Crippen molar-refractivity contribution in [1.29, 1.82) is 0 Å². The molecule has 0 amide bonds. The van der Waals surface area contributed by atoms with E-state index in [-0.39, 0.29) is 0 Å². The van der Waals surface area contributed by atoms with Crippen molar-refractivity contribution in [3.05, 3.63) is 54.6 Å². The Morgan fingerprint density at radius 3 is 1.79 bits per heavy atom. The lowest BCUT2D eigenvalue weighted by Crippen LogP contribution is -2.21. The highest BCUT2D eigenvalue weighted by molar-refractivity contribution is 7.96. The second-order valence-electron chi connectivity index (χ2n) is 6.24. The number of hydrogen-bond acceptors (Lipinski definition) is 3. The average molecular weight is 431 g/mol. The molecule has 0 saturated carbocycles. The summed E-state index contributed by atoms with van der Waals surface area (Å²) < 4.78 is 58.9. The van der Waals surface area contributed by atoms with E-state index in [4.69, 9.17) is 13.0 Å². The second kappa shape index (κ2) is 9.15. The van der Waals surface area contributed by atoms with E-state index in [0.29, 0.717) is 10.9 Å². The number of hydrogen-bond donors (Lipinski definition) is 0. The van der Waals surface area contributed by atoms with Crippen LogP contribution >= 0.6 is 0 Å². The molecular weight excluding hydrogens is 409 g/mol. The zero-order valence-electron chi connectivity index (χ0n) is 15.5. The summed E-state index contributed by atoms with van der Waals surface area (Å²) in [6.45, 7) is 2.28. The molecule has 0 heterocycles. The van der Waals surface area contributed by atoms with Gasteiger partial charge in [0.2, 0.25) is 0 Å². The van der Waals surface area contributed by atoms with E-state index in [1.165, 1.54) is 40.1 Å². The zero-order chi connectivity index (χ0) is 20.9. The first-order chi connectivity index (χ1) is 13.1. The van der Waals surface area contributed by atoms with E-state index in [1.54, 1.807) is 4.90 Å². The topological polar surface area (TPSA) is 57.2 Å². The summed E-state index contributed by atoms with van der Waals surface area (Å²) in [5.74, 6) is 1.30. The first-order valence-corrected chi connectivity index (χ1v) is 11.8. The zero-order valence-corrected chi connectivity index (χ0v) is 17.1. The maximum atomic E-state index is 10.7. The molecule has 152 valence electrons. The Hall–Kier alpha value is -1.77. The Balaban J connectivity index is 0.000000300. The highest BCUT2D eigenvalue weighted by atomic mass is 32.2. The quantitative estimate of drug-likeness (QED) is 0.239. The van der Waals surface area contributed by atoms with Crippen molar-refractivity contribution in [3.8, 4) is 0 Å². The Morgan fingerprint density at radius 2 is 1.39 bits per heavy atom. The second-order valence-corrected chi connectivity index (χ2v) is 9.70. The molecule has 1 atom stereocenters. The van der Waals surface area contributed by atoms with Gasteiger partial charge in [0.25, 0.3) is 0 Å². The van der Waals surface area contributed by atoms with Crippen LogP contribution in [-0.4, -0.2) is 30.5 Å². The number of halogens is 3. The Kier molecular flexibility index (Phi) is 7.36. The van der Waals surface area contributed by atoms with Crippen molar-refractivity contribution in [2.24, 2.45) is 0 Å². The van der Waals surface area contributed by atoms with Crippen LogP contribution in [0.5, 0.6) is 0 Å². The molecular formula is C20H21F3O3S2. The minimum Gasteiger partial charge on any atom is -0.741 e. The molecule has 0 bridgehead atoms. The van der Waals surface area contributed by atoms with Gasteiger partial charge in [-0.25, -0.2) is 8.42 Å². The van der Waals surface area contributed by atoms with Crippen LogP contribution in [0.25, 0.3) is 21.5 Å². The van der Waals surface area contributed by atoms with Gasteiger partial charge in [0.05, 0.1) is 0 Å². The van der Waals surface area contributed by atoms with Crippen LogP contribution in [0.15, 0.2) is 59.5 Å². The molecule has 1 unspecified atom stereocenters. The fourth-order valence-electron chi connectivity index (χ4n) is 2.81. The summed E-state index contributed by atoms with van der Waals surface area (Å²) in [6, 6.07) is 20.0. The average Bonchev–Trinajstić information content (AvgIpc) is 2.63. The summed E-state index contributed by atoms with van der Waals surface area (Å²) in [7, 11) is -5.77. The van der Waals surface area contributed by atoms with E-state index >= 15 is 0 Å². The van der Waals surface area contributed by atoms with Gasteiger partial charge in [0.15, 0.2) is 15.0 Å². The van der Waals surface area contributed by atoms with Crippen LogP contribution in [0, 0.1) is 0 Å². The van der Waals surface area contributed by atoms with Crippen molar-refractivity contribution in [2.45, 2.75) is 30.2 Å². The molecule has 28 heavy (non-hydrogen) atoms. The summed E-state index contributed by atoms with van der Waals surface area (Å²) >= 11 is 0. The van der Waals surface area contributed by atoms with E-state index in [0.717, 1.165) is 0 Å². The summed E-state index contributed by atoms with van der Waals surface area (Å²) in [5.41, 5.74) is -5.65. The third kappa shape index (κ3) is 5.40. The molecule has 0 aliphatic heterocycles. The lowest BCUT2D eigenvalue weighted by atomic mass is 10.0. The number of fused-ring (bicyclic) bond motifs is 2. The molecule has 0 N–H and O–H groups in total. The summed E-state index contributed by atoms with van der Waals surface area (Å²) in [5, 5.41) is 5.62. The van der Waals surface area contributed by atoms with Crippen molar-refractivity contribution in [1.82, 2.24) is 0 Å². The van der Waals surface area contributed by atoms with Crippen LogP contribution in [0.4, 0.5) is 13.2 Å². The molecule has 3 nitrogen and oxygen atoms in total. The largest absolute Gasteiger partial charge is 0.741 e. The lowest BCUT2D eigenvalue weighted by Gasteiger charge is -2.10. The normalized spacial score (nSPS) is 13.2. The fourth-order valence-corrected chi connectivity index (χ4v) is 4.86. The monoisotopic (exact) mass is 430 g/mol. The molecule has 0 aliphatic rings. The summed E-state index contributed by atoms with van der Waals surface area (Å²) in [6.07, 6.45) is 5.00. The van der Waals surface area contributed by atoms with Crippen molar-refractivity contribution < 1.29 is 26.1 Å². The Bertz CT molecular complexity index is 993. The van der Waals surface area contributed by atoms with Gasteiger partial charge in [-0.1, -0.05) is 49.7 Å². The SMILES string of the molecule is CCCC[S+](C)c1c2ccccc2cc2ccccc12.O=S(=O)([O-])C(F)(F)F. The number of alkyl halides is 3. The fraction of sp³-hybridized carbons (Fsp3) is 0.300. The van der Waals surface area contributed by atoms with E-state index in [1.807, 2.05) is 0 Å². The van der Waals surface area contributed by atoms with Crippen LogP contribution in [0.2, 0.25) is 0 Å². The third-order valence-electron chi connectivity index (χ3n) is 4.16.